The molecule has 0 saturated carbocycles. The molecule has 0 N–H and O–H groups in total. The first kappa shape index (κ1) is 42.2. The zero-order chi connectivity index (χ0) is 37.8. The number of rotatable bonds is 8. The normalized spacial score (nSPS) is 13.6. The Morgan fingerprint density at radius 1 is 0.440 bits per heavy atom. The van der Waals surface area contributed by atoms with Crippen LogP contribution in [0.5, 0.6) is 0 Å². The number of hydrogen-bond acceptors (Lipinski definition) is 6. The molecule has 50 heavy (non-hydrogen) atoms. The first-order valence-electron chi connectivity index (χ1n) is 14.6. The summed E-state index contributed by atoms with van der Waals surface area (Å²) in [6.07, 6.45) is 0. The molecule has 0 heterocycles. The van der Waals surface area contributed by atoms with E-state index in [-0.39, 0.29) is 0 Å². The van der Waals surface area contributed by atoms with Crippen molar-refractivity contribution in [2.24, 2.45) is 0 Å². The van der Waals surface area contributed by atoms with Gasteiger partial charge in [0.1, 0.15) is 0 Å². The van der Waals surface area contributed by atoms with E-state index in [1.165, 1.54) is 0 Å². The van der Waals surface area contributed by atoms with Gasteiger partial charge in [-0.1, -0.05) is 0 Å². The molecule has 0 aromatic heterocycles. The van der Waals surface area contributed by atoms with Gasteiger partial charge in [-0.3, -0.25) is 0 Å². The molecule has 0 amide bonds. The predicted octanol–water partition coefficient (Wildman–Crippen LogP) is 10.6. The maximum atomic E-state index is 13.2. The van der Waals surface area contributed by atoms with Crippen LogP contribution in [0.2, 0.25) is 0 Å². The van der Waals surface area contributed by atoms with Crippen molar-refractivity contribution in [1.82, 2.24) is 0 Å². The Bertz CT molecular complexity index is 1850. The SMILES string of the molecule is CC(C)(C)c1ccccc1I(OS(=O)(=O)C(F)(F)F)c1ccccc1C(C)(C)C.O=S(=O)(OI(c1ccccc1)c1ccccc1)C(F)(F)F. The standard InChI is InChI=1S/C21H26F3IO3S.C13H10F3IO3S/c1-19(2,3)15-11-7-9-13-17(15)25(28-29(26,27)21(22,23)24)18-14-10-8-12-16(18)20(4,5)6;14-13(15,16)21(18,19)20-17(11-7-3-1-4-8-11)12-9-5-2-6-10-12/h7-14H,1-6H3;1-10H. The van der Waals surface area contributed by atoms with Crippen LogP contribution in [0.1, 0.15) is 52.7 Å². The molecular weight excluding hydrogens is 936 g/mol. The van der Waals surface area contributed by atoms with E-state index in [2.05, 4.69) is 2.51 Å². The van der Waals surface area contributed by atoms with Gasteiger partial charge in [0.15, 0.2) is 0 Å². The summed E-state index contributed by atoms with van der Waals surface area (Å²) in [6.45, 7) is 11.6. The van der Waals surface area contributed by atoms with E-state index < -0.39 is 82.6 Å². The summed E-state index contributed by atoms with van der Waals surface area (Å²) in [7, 11) is -11.4. The fraction of sp³-hybridized carbons (Fsp3) is 0.294. The molecule has 0 bridgehead atoms. The summed E-state index contributed by atoms with van der Waals surface area (Å²) in [5.41, 5.74) is -10.1. The van der Waals surface area contributed by atoms with Gasteiger partial charge >= 0.3 is 307 Å². The average molecular weight is 973 g/mol. The van der Waals surface area contributed by atoms with E-state index >= 15 is 0 Å². The average Bonchev–Trinajstić information content (AvgIpc) is 3.02. The number of hydrogen-bond donors (Lipinski definition) is 0. The van der Waals surface area contributed by atoms with E-state index in [9.17, 15) is 43.2 Å². The summed E-state index contributed by atoms with van der Waals surface area (Å²) in [4.78, 5) is 0. The van der Waals surface area contributed by atoms with E-state index in [0.29, 0.717) is 14.3 Å². The van der Waals surface area contributed by atoms with Crippen molar-refractivity contribution in [3.05, 3.63) is 135 Å². The van der Waals surface area contributed by atoms with Gasteiger partial charge in [-0.25, -0.2) is 0 Å². The molecular formula is C34H36F6I2O6S2. The Labute approximate surface area is 304 Å². The van der Waals surface area contributed by atoms with E-state index in [0.717, 1.165) is 11.1 Å². The number of halogens is 8. The van der Waals surface area contributed by atoms with Crippen molar-refractivity contribution in [3.8, 4) is 0 Å². The van der Waals surface area contributed by atoms with Crippen molar-refractivity contribution in [3.63, 3.8) is 0 Å². The Hall–Kier alpha value is -2.26. The molecule has 0 spiro atoms. The molecule has 0 aliphatic carbocycles. The summed E-state index contributed by atoms with van der Waals surface area (Å²) >= 11 is -6.69. The number of benzene rings is 4. The second-order valence-electron chi connectivity index (χ2n) is 12.5. The van der Waals surface area contributed by atoms with Crippen molar-refractivity contribution in [1.29, 1.82) is 0 Å². The monoisotopic (exact) mass is 972 g/mol. The van der Waals surface area contributed by atoms with Crippen molar-refractivity contribution in [2.45, 2.75) is 63.4 Å². The van der Waals surface area contributed by atoms with Crippen molar-refractivity contribution < 1.29 is 48.2 Å². The van der Waals surface area contributed by atoms with Crippen LogP contribution in [0.15, 0.2) is 109 Å². The van der Waals surface area contributed by atoms with Gasteiger partial charge in [0.25, 0.3) is 0 Å². The fourth-order valence-electron chi connectivity index (χ4n) is 4.11. The van der Waals surface area contributed by atoms with Crippen LogP contribution in [-0.4, -0.2) is 27.9 Å². The van der Waals surface area contributed by atoms with E-state index in [1.54, 1.807) is 97.1 Å². The second kappa shape index (κ2) is 16.2. The Morgan fingerprint density at radius 3 is 1.02 bits per heavy atom. The van der Waals surface area contributed by atoms with E-state index in [4.69, 9.17) is 2.51 Å². The molecule has 0 radical (unpaired) electrons. The zero-order valence-corrected chi connectivity index (χ0v) is 33.6. The molecule has 0 aliphatic rings. The molecule has 0 fully saturated rings. The van der Waals surface area contributed by atoms with Gasteiger partial charge in [0.05, 0.1) is 0 Å². The minimum absolute atomic E-state index is 0.394. The molecule has 0 atom stereocenters. The van der Waals surface area contributed by atoms with Crippen LogP contribution in [0.3, 0.4) is 0 Å². The van der Waals surface area contributed by atoms with Gasteiger partial charge in [0, 0.05) is 0 Å². The molecule has 0 unspecified atom stereocenters. The molecule has 0 aliphatic heterocycles. The van der Waals surface area contributed by atoms with Crippen LogP contribution in [-0.2, 0) is 36.1 Å². The first-order chi connectivity index (χ1) is 22.9. The van der Waals surface area contributed by atoms with E-state index in [1.807, 2.05) is 53.7 Å². The molecule has 0 saturated heterocycles. The molecule has 16 heteroatoms. The van der Waals surface area contributed by atoms with Crippen LogP contribution in [0.25, 0.3) is 0 Å². The maximum absolute atomic E-state index is 13.2. The quantitative estimate of drug-likeness (QED) is 0.0993. The minimum atomic E-state index is -5.75. The zero-order valence-electron chi connectivity index (χ0n) is 27.7. The molecule has 276 valence electrons. The van der Waals surface area contributed by atoms with Gasteiger partial charge < -0.3 is 0 Å². The van der Waals surface area contributed by atoms with Crippen molar-refractivity contribution >= 4 is 60.7 Å². The summed E-state index contributed by atoms with van der Waals surface area (Å²) in [6, 6.07) is 30.2. The molecule has 4 aromatic rings. The fourth-order valence-corrected chi connectivity index (χ4v) is 18.9. The third kappa shape index (κ3) is 10.9. The summed E-state index contributed by atoms with van der Waals surface area (Å²) < 4.78 is 136. The van der Waals surface area contributed by atoms with Crippen LogP contribution in [0.4, 0.5) is 26.3 Å². The van der Waals surface area contributed by atoms with Gasteiger partial charge in [0.2, 0.25) is 0 Å². The molecule has 4 rings (SSSR count). The first-order valence-corrected chi connectivity index (χ1v) is 23.5. The van der Waals surface area contributed by atoms with Gasteiger partial charge in [-0.15, -0.1) is 0 Å². The summed E-state index contributed by atoms with van der Waals surface area (Å²) in [5.74, 6) is 0. The van der Waals surface area contributed by atoms with Crippen molar-refractivity contribution in [2.75, 3.05) is 0 Å². The number of alkyl halides is 6. The van der Waals surface area contributed by atoms with Crippen LogP contribution in [0, 0.1) is 14.3 Å². The Morgan fingerprint density at radius 2 is 0.720 bits per heavy atom. The second-order valence-corrected chi connectivity index (χ2v) is 25.3. The Kier molecular flexibility index (Phi) is 13.6. The third-order valence-corrected chi connectivity index (χ3v) is 20.9. The van der Waals surface area contributed by atoms with Crippen LogP contribution >= 0.6 is 40.5 Å². The third-order valence-electron chi connectivity index (χ3n) is 6.45. The van der Waals surface area contributed by atoms with Gasteiger partial charge in [-0.05, 0) is 0 Å². The topological polar surface area (TPSA) is 86.7 Å². The predicted molar refractivity (Wildman–Crippen MR) is 198 cm³/mol. The Balaban J connectivity index is 0.000000284. The molecule has 6 nitrogen and oxygen atoms in total. The van der Waals surface area contributed by atoms with Crippen LogP contribution < -0.4 is 0 Å². The molecule has 4 aromatic carbocycles. The summed E-state index contributed by atoms with van der Waals surface area (Å²) in [5, 5.41) is 0. The van der Waals surface area contributed by atoms with Gasteiger partial charge in [-0.2, -0.15) is 0 Å².